The Kier molecular flexibility index (Phi) is 7.75. The van der Waals surface area contributed by atoms with Crippen LogP contribution in [0.1, 0.15) is 36.0 Å². The van der Waals surface area contributed by atoms with Crippen molar-refractivity contribution in [3.63, 3.8) is 0 Å². The molecule has 1 fully saturated rings. The minimum Gasteiger partial charge on any atom is -0.483 e. The summed E-state index contributed by atoms with van der Waals surface area (Å²) >= 11 is 0. The zero-order valence-electron chi connectivity index (χ0n) is 18.9. The highest BCUT2D eigenvalue weighted by molar-refractivity contribution is 6.06. The Morgan fingerprint density at radius 3 is 2.24 bits per heavy atom. The molecule has 0 saturated carbocycles. The molecule has 1 heterocycles. The lowest BCUT2D eigenvalue weighted by Crippen LogP contribution is -2.23. The molecule has 0 spiro atoms. The molecule has 176 valence electrons. The van der Waals surface area contributed by atoms with Gasteiger partial charge in [0.25, 0.3) is 11.8 Å². The van der Waals surface area contributed by atoms with Gasteiger partial charge in [0.15, 0.2) is 6.61 Å². The third-order valence-electron chi connectivity index (χ3n) is 5.73. The fourth-order valence-electron chi connectivity index (χ4n) is 3.96. The minimum atomic E-state index is -0.530. The van der Waals surface area contributed by atoms with E-state index in [2.05, 4.69) is 15.5 Å². The van der Waals surface area contributed by atoms with E-state index in [1.807, 2.05) is 24.3 Å². The maximum Gasteiger partial charge on any atom is 0.262 e. The second kappa shape index (κ2) is 11.3. The van der Waals surface area contributed by atoms with Crippen LogP contribution in [-0.2, 0) is 4.79 Å². The highest BCUT2D eigenvalue weighted by Gasteiger charge is 2.15. The van der Waals surface area contributed by atoms with Crippen molar-refractivity contribution in [2.45, 2.75) is 25.7 Å². The summed E-state index contributed by atoms with van der Waals surface area (Å²) < 4.78 is 19.3. The molecule has 4 rings (SSSR count). The first-order valence-corrected chi connectivity index (χ1v) is 11.5. The second-order valence-corrected chi connectivity index (χ2v) is 8.22. The molecule has 0 unspecified atom stereocenters. The molecule has 0 atom stereocenters. The molecule has 2 N–H and O–H groups in total. The number of amides is 2. The first-order valence-electron chi connectivity index (χ1n) is 11.5. The van der Waals surface area contributed by atoms with E-state index < -0.39 is 11.7 Å². The van der Waals surface area contributed by atoms with Crippen LogP contribution >= 0.6 is 0 Å². The topological polar surface area (TPSA) is 70.7 Å². The Morgan fingerprint density at radius 1 is 0.824 bits per heavy atom. The predicted octanol–water partition coefficient (Wildman–Crippen LogP) is 5.48. The molecule has 7 heteroatoms. The Labute approximate surface area is 198 Å². The quantitative estimate of drug-likeness (QED) is 0.489. The number of carbonyl (C=O) groups excluding carboxylic acids is 2. The highest BCUT2D eigenvalue weighted by Crippen LogP contribution is 2.24. The molecule has 6 nitrogen and oxygen atoms in total. The molecule has 1 aliphatic rings. The summed E-state index contributed by atoms with van der Waals surface area (Å²) in [6.07, 6.45) is 4.95. The van der Waals surface area contributed by atoms with Crippen molar-refractivity contribution >= 4 is 28.9 Å². The fourth-order valence-corrected chi connectivity index (χ4v) is 3.96. The van der Waals surface area contributed by atoms with Crippen LogP contribution < -0.4 is 20.3 Å². The minimum absolute atomic E-state index is 0.0748. The van der Waals surface area contributed by atoms with E-state index in [1.54, 1.807) is 36.4 Å². The van der Waals surface area contributed by atoms with Gasteiger partial charge in [-0.25, -0.2) is 4.39 Å². The van der Waals surface area contributed by atoms with Gasteiger partial charge in [0.2, 0.25) is 0 Å². The molecule has 3 aromatic rings. The van der Waals surface area contributed by atoms with Gasteiger partial charge in [0.1, 0.15) is 11.6 Å². The van der Waals surface area contributed by atoms with Gasteiger partial charge in [-0.15, -0.1) is 0 Å². The first-order chi connectivity index (χ1) is 16.6. The van der Waals surface area contributed by atoms with E-state index in [0.717, 1.165) is 18.8 Å². The molecule has 34 heavy (non-hydrogen) atoms. The van der Waals surface area contributed by atoms with Crippen LogP contribution in [-0.4, -0.2) is 31.5 Å². The number of ether oxygens (including phenoxy) is 1. The second-order valence-electron chi connectivity index (χ2n) is 8.22. The lowest BCUT2D eigenvalue weighted by Gasteiger charge is -2.22. The van der Waals surface area contributed by atoms with Crippen molar-refractivity contribution < 1.29 is 18.7 Å². The van der Waals surface area contributed by atoms with Crippen LogP contribution in [0.15, 0.2) is 72.8 Å². The molecule has 0 bridgehead atoms. The molecule has 0 aliphatic carbocycles. The van der Waals surface area contributed by atoms with Crippen LogP contribution in [0.4, 0.5) is 21.5 Å². The Morgan fingerprint density at radius 2 is 1.50 bits per heavy atom. The summed E-state index contributed by atoms with van der Waals surface area (Å²) in [6.45, 7) is 1.75. The Hall–Kier alpha value is -3.87. The lowest BCUT2D eigenvalue weighted by atomic mass is 10.1. The van der Waals surface area contributed by atoms with Gasteiger partial charge in [0.05, 0.1) is 11.3 Å². The largest absolute Gasteiger partial charge is 0.483 e. The highest BCUT2D eigenvalue weighted by atomic mass is 19.1. The van der Waals surface area contributed by atoms with Crippen molar-refractivity contribution in [3.05, 3.63) is 84.2 Å². The van der Waals surface area contributed by atoms with Crippen LogP contribution in [0, 0.1) is 5.82 Å². The van der Waals surface area contributed by atoms with E-state index in [9.17, 15) is 14.0 Å². The third kappa shape index (κ3) is 6.13. The fraction of sp³-hybridized carbons (Fsp3) is 0.259. The normalized spacial score (nSPS) is 13.6. The van der Waals surface area contributed by atoms with Crippen molar-refractivity contribution in [1.29, 1.82) is 0 Å². The van der Waals surface area contributed by atoms with Gasteiger partial charge in [-0.3, -0.25) is 9.59 Å². The molecule has 2 amide bonds. The summed E-state index contributed by atoms with van der Waals surface area (Å²) in [5.74, 6) is -1.13. The summed E-state index contributed by atoms with van der Waals surface area (Å²) in [5.41, 5.74) is 2.21. The molecule has 0 aromatic heterocycles. The van der Waals surface area contributed by atoms with Crippen molar-refractivity contribution in [3.8, 4) is 5.75 Å². The zero-order valence-corrected chi connectivity index (χ0v) is 18.9. The maximum atomic E-state index is 13.7. The number of rotatable bonds is 7. The lowest BCUT2D eigenvalue weighted by molar-refractivity contribution is -0.118. The standard InChI is InChI=1S/C27H28FN3O3/c28-23-10-4-5-11-24(23)30-26(32)19-34-25-12-6-3-9-22(25)27(33)29-20-13-15-21(16-14-20)31-17-7-1-2-8-18-31/h3-6,9-16H,1-2,7-8,17-19H2,(H,29,33)(H,30,32). The van der Waals surface area contributed by atoms with E-state index in [0.29, 0.717) is 11.3 Å². The zero-order chi connectivity index (χ0) is 23.8. The first kappa shape index (κ1) is 23.3. The van der Waals surface area contributed by atoms with Gasteiger partial charge in [0, 0.05) is 24.5 Å². The maximum absolute atomic E-state index is 13.7. The van der Waals surface area contributed by atoms with E-state index in [1.165, 1.54) is 37.8 Å². The SMILES string of the molecule is O=C(COc1ccccc1C(=O)Nc1ccc(N2CCCCCC2)cc1)Nc1ccccc1F. The predicted molar refractivity (Wildman–Crippen MR) is 132 cm³/mol. The van der Waals surface area contributed by atoms with Gasteiger partial charge in [-0.05, 0) is 61.4 Å². The summed E-state index contributed by atoms with van der Waals surface area (Å²) in [6, 6.07) is 20.4. The van der Waals surface area contributed by atoms with Crippen LogP contribution in [0.25, 0.3) is 0 Å². The van der Waals surface area contributed by atoms with Crippen LogP contribution in [0.3, 0.4) is 0 Å². The number of hydrogen-bond donors (Lipinski definition) is 2. The number of anilines is 3. The van der Waals surface area contributed by atoms with E-state index in [4.69, 9.17) is 4.74 Å². The number of nitrogens with zero attached hydrogens (tertiary/aromatic N) is 1. The van der Waals surface area contributed by atoms with Gasteiger partial charge >= 0.3 is 0 Å². The van der Waals surface area contributed by atoms with Crippen LogP contribution in [0.2, 0.25) is 0 Å². The number of benzene rings is 3. The molecule has 0 radical (unpaired) electrons. The van der Waals surface area contributed by atoms with Crippen molar-refractivity contribution in [2.24, 2.45) is 0 Å². The van der Waals surface area contributed by atoms with Crippen molar-refractivity contribution in [2.75, 3.05) is 35.2 Å². The summed E-state index contributed by atoms with van der Waals surface area (Å²) in [7, 11) is 0. The van der Waals surface area contributed by atoms with E-state index >= 15 is 0 Å². The molecule has 3 aromatic carbocycles. The van der Waals surface area contributed by atoms with Gasteiger partial charge in [-0.1, -0.05) is 37.1 Å². The number of nitrogens with one attached hydrogen (secondary N) is 2. The van der Waals surface area contributed by atoms with Crippen LogP contribution in [0.5, 0.6) is 5.75 Å². The molecular formula is C27H28FN3O3. The average Bonchev–Trinajstić information content (AvgIpc) is 3.14. The number of halogens is 1. The van der Waals surface area contributed by atoms with Gasteiger partial charge < -0.3 is 20.3 Å². The number of hydrogen-bond acceptors (Lipinski definition) is 4. The average molecular weight is 462 g/mol. The summed E-state index contributed by atoms with van der Waals surface area (Å²) in [5, 5.41) is 5.35. The summed E-state index contributed by atoms with van der Waals surface area (Å²) in [4.78, 5) is 27.5. The smallest absolute Gasteiger partial charge is 0.262 e. The molecular weight excluding hydrogens is 433 g/mol. The monoisotopic (exact) mass is 461 g/mol. The Balaban J connectivity index is 1.36. The molecule has 1 aliphatic heterocycles. The van der Waals surface area contributed by atoms with Crippen molar-refractivity contribution in [1.82, 2.24) is 0 Å². The number of carbonyl (C=O) groups is 2. The van der Waals surface area contributed by atoms with E-state index in [-0.39, 0.29) is 24.0 Å². The van der Waals surface area contributed by atoms with Gasteiger partial charge in [-0.2, -0.15) is 0 Å². The third-order valence-corrected chi connectivity index (χ3v) is 5.73. The Bertz CT molecular complexity index is 1130. The molecule has 1 saturated heterocycles. The number of para-hydroxylation sites is 2.